The van der Waals surface area contributed by atoms with Gasteiger partial charge in [-0.15, -0.1) is 18.2 Å². The van der Waals surface area contributed by atoms with Crippen molar-refractivity contribution in [2.24, 2.45) is 0 Å². The fourth-order valence-electron chi connectivity index (χ4n) is 0. The number of rotatable bonds is 1. The summed E-state index contributed by atoms with van der Waals surface area (Å²) in [5.74, 6) is 0.448. The summed E-state index contributed by atoms with van der Waals surface area (Å²) in [4.78, 5) is 0. The van der Waals surface area contributed by atoms with Gasteiger partial charge < -0.3 is 0 Å². The lowest BCUT2D eigenvalue weighted by Crippen LogP contribution is -1.45. The summed E-state index contributed by atoms with van der Waals surface area (Å²) in [5.41, 5.74) is 0. The van der Waals surface area contributed by atoms with Crippen molar-refractivity contribution in [2.45, 2.75) is 0 Å². The summed E-state index contributed by atoms with van der Waals surface area (Å²) < 4.78 is 6.34. The Morgan fingerprint density at radius 1 is 2.50 bits per heavy atom. The highest BCUT2D eigenvalue weighted by Gasteiger charge is 1.48. The predicted octanol–water partition coefficient (Wildman–Crippen LogP) is 1.41. The molecule has 0 aromatic heterocycles. The van der Waals surface area contributed by atoms with Crippen LogP contribution in [0.1, 0.15) is 1.37 Å². The summed E-state index contributed by atoms with van der Waals surface area (Å²) in [6.45, 7) is 1.17. The fourth-order valence-corrected chi connectivity index (χ4v) is 0. The van der Waals surface area contributed by atoms with Gasteiger partial charge in [-0.2, -0.15) is 0 Å². The molecule has 0 aromatic carbocycles. The smallest absolute Gasteiger partial charge is 0.0535 e. The first kappa shape index (κ1) is 2.28. The van der Waals surface area contributed by atoms with Crippen molar-refractivity contribution in [1.82, 2.24) is 0 Å². The quantitative estimate of drug-likeness (QED) is 0.328. The average Bonchev–Trinajstić information content (AvgIpc) is 1.41. The molecule has 0 aromatic rings. The van der Waals surface area contributed by atoms with Gasteiger partial charge in [-0.3, -0.25) is 0 Å². The number of hydrogen-bond acceptors (Lipinski definition) is 0. The molecule has 0 fully saturated rings. The Bertz CT molecular complexity index is 33.9. The van der Waals surface area contributed by atoms with Crippen LogP contribution in [0.2, 0.25) is 0 Å². The molecule has 0 unspecified atom stereocenters. The third-order valence-electron chi connectivity index (χ3n) is 0.0891. The van der Waals surface area contributed by atoms with Crippen LogP contribution in [0.25, 0.3) is 0 Å². The molecule has 4 heavy (non-hydrogen) atoms. The van der Waals surface area contributed by atoms with Crippen molar-refractivity contribution in [3.63, 3.8) is 0 Å². The van der Waals surface area contributed by atoms with Gasteiger partial charge >= 0.3 is 0 Å². The zero-order valence-corrected chi connectivity index (χ0v) is 3.00. The van der Waals surface area contributed by atoms with E-state index < -0.39 is 0 Å². The Morgan fingerprint density at radius 3 is 3.25 bits per heavy atom. The zero-order chi connectivity index (χ0) is 4.12. The van der Waals surface area contributed by atoms with Gasteiger partial charge in [-0.05, 0) is 0 Å². The second kappa shape index (κ2) is 3.03. The van der Waals surface area contributed by atoms with Crippen LogP contribution in [0.5, 0.6) is 0 Å². The molecule has 24 valence electrons. The van der Waals surface area contributed by atoms with Crippen molar-refractivity contribution in [2.75, 3.05) is 5.88 Å². The number of alkyl halides is 1. The molecule has 0 aliphatic heterocycles. The normalized spacial score (nSPS) is 12.8. The van der Waals surface area contributed by atoms with Gasteiger partial charge in [-0.1, -0.05) is 6.08 Å². The Hall–Kier alpha value is 0.0300. The molecule has 0 bridgehead atoms. The molecule has 0 atom stereocenters. The monoisotopic (exact) mass is 77.0 g/mol. The molecule has 0 saturated heterocycles. The van der Waals surface area contributed by atoms with Crippen LogP contribution in [0, 0.1) is 0 Å². The van der Waals surface area contributed by atoms with Crippen LogP contribution >= 0.6 is 11.6 Å². The molecule has 1 heteroatoms. The molecule has 0 radical (unpaired) electrons. The average molecular weight is 77.5 g/mol. The van der Waals surface area contributed by atoms with E-state index in [1.165, 1.54) is 6.55 Å². The van der Waals surface area contributed by atoms with Gasteiger partial charge in [-0.25, -0.2) is 0 Å². The molecule has 0 N–H and O–H groups in total. The van der Waals surface area contributed by atoms with Crippen molar-refractivity contribution in [3.8, 4) is 0 Å². The first-order valence-corrected chi connectivity index (χ1v) is 1.54. The van der Waals surface area contributed by atoms with E-state index in [0.717, 1.165) is 0 Å². The standard InChI is InChI=1S/C3H5Cl/c1-2-3-4/h2H,1,3H2/i1D. The van der Waals surface area contributed by atoms with E-state index in [1.807, 2.05) is 0 Å². The number of hydrogen-bond donors (Lipinski definition) is 0. The SMILES string of the molecule is [2H]C=CCCl. The van der Waals surface area contributed by atoms with E-state index in [4.69, 9.17) is 13.0 Å². The number of allylic oxidation sites excluding steroid dienone is 1. The van der Waals surface area contributed by atoms with E-state index >= 15 is 0 Å². The van der Waals surface area contributed by atoms with Crippen LogP contribution in [0.3, 0.4) is 0 Å². The summed E-state index contributed by atoms with van der Waals surface area (Å²) in [5, 5.41) is 0. The second-order valence-electron chi connectivity index (χ2n) is 0.390. The maximum atomic E-state index is 6.34. The molecule has 0 aliphatic rings. The zero-order valence-electron chi connectivity index (χ0n) is 3.24. The van der Waals surface area contributed by atoms with Crippen LogP contribution in [0.4, 0.5) is 0 Å². The van der Waals surface area contributed by atoms with Gasteiger partial charge in [0.25, 0.3) is 0 Å². The van der Waals surface area contributed by atoms with Crippen molar-refractivity contribution in [1.29, 1.82) is 0 Å². The summed E-state index contributed by atoms with van der Waals surface area (Å²) in [6, 6.07) is 0. The molecule has 0 nitrogen and oxygen atoms in total. The molecular weight excluding hydrogens is 71.5 g/mol. The van der Waals surface area contributed by atoms with E-state index in [9.17, 15) is 0 Å². The summed E-state index contributed by atoms with van der Waals surface area (Å²) in [7, 11) is 0. The van der Waals surface area contributed by atoms with Crippen LogP contribution in [-0.4, -0.2) is 5.88 Å². The maximum absolute atomic E-state index is 6.34. The highest BCUT2D eigenvalue weighted by Crippen LogP contribution is 1.67. The Labute approximate surface area is 32.5 Å². The number of halogens is 1. The van der Waals surface area contributed by atoms with Gasteiger partial charge in [0.1, 0.15) is 0 Å². The first-order chi connectivity index (χ1) is 2.41. The molecule has 0 rings (SSSR count). The van der Waals surface area contributed by atoms with Crippen molar-refractivity contribution >= 4 is 11.6 Å². The summed E-state index contributed by atoms with van der Waals surface area (Å²) in [6.07, 6.45) is 1.56. The Kier molecular flexibility index (Phi) is 1.73. The van der Waals surface area contributed by atoms with Gasteiger partial charge in [0.05, 0.1) is 1.37 Å². The molecule has 0 amide bonds. The van der Waals surface area contributed by atoms with Gasteiger partial charge in [0.2, 0.25) is 0 Å². The summed E-state index contributed by atoms with van der Waals surface area (Å²) >= 11 is 5.09. The molecule has 0 saturated carbocycles. The fraction of sp³-hybridized carbons (Fsp3) is 0.333. The lowest BCUT2D eigenvalue weighted by Gasteiger charge is -1.55. The van der Waals surface area contributed by atoms with Crippen LogP contribution in [-0.2, 0) is 0 Å². The minimum Gasteiger partial charge on any atom is -0.122 e. The topological polar surface area (TPSA) is 0 Å². The van der Waals surface area contributed by atoms with Crippen LogP contribution < -0.4 is 0 Å². The molecule has 0 heterocycles. The Balaban J connectivity index is 2.62. The minimum absolute atomic E-state index is 0.448. The molecule has 0 spiro atoms. The van der Waals surface area contributed by atoms with E-state index in [-0.39, 0.29) is 0 Å². The van der Waals surface area contributed by atoms with Crippen LogP contribution in [0.15, 0.2) is 12.6 Å². The van der Waals surface area contributed by atoms with E-state index in [0.29, 0.717) is 5.88 Å². The lowest BCUT2D eigenvalue weighted by molar-refractivity contribution is 1.80. The van der Waals surface area contributed by atoms with E-state index in [1.54, 1.807) is 6.08 Å². The van der Waals surface area contributed by atoms with E-state index in [2.05, 4.69) is 0 Å². The highest BCUT2D eigenvalue weighted by atomic mass is 35.5. The largest absolute Gasteiger partial charge is 0.122 e. The van der Waals surface area contributed by atoms with Crippen molar-refractivity contribution in [3.05, 3.63) is 12.6 Å². The third kappa shape index (κ3) is 2.03. The first-order valence-electron chi connectivity index (χ1n) is 1.59. The van der Waals surface area contributed by atoms with Gasteiger partial charge in [0, 0.05) is 5.88 Å². The predicted molar refractivity (Wildman–Crippen MR) is 20.9 cm³/mol. The maximum Gasteiger partial charge on any atom is 0.0535 e. The second-order valence-corrected chi connectivity index (χ2v) is 0.699. The Morgan fingerprint density at radius 2 is 3.25 bits per heavy atom. The lowest BCUT2D eigenvalue weighted by atomic mass is 10.8. The molecule has 0 aliphatic carbocycles. The third-order valence-corrected chi connectivity index (χ3v) is 0.267. The molecular formula is C3H5Cl. The van der Waals surface area contributed by atoms with Crippen molar-refractivity contribution < 1.29 is 1.37 Å². The minimum atomic E-state index is 0.448. The van der Waals surface area contributed by atoms with Gasteiger partial charge in [0.15, 0.2) is 0 Å². The highest BCUT2D eigenvalue weighted by molar-refractivity contribution is 6.18.